The molecule has 0 bridgehead atoms. The number of hydrogen-bond acceptors (Lipinski definition) is 4. The number of nitrogens with zero attached hydrogens (tertiary/aromatic N) is 2. The molecule has 0 saturated carbocycles. The molecule has 2 heterocycles. The smallest absolute Gasteiger partial charge is 0.395 e. The third-order valence-electron chi connectivity index (χ3n) is 4.66. The Morgan fingerprint density at radius 3 is 2.44 bits per heavy atom. The van der Waals surface area contributed by atoms with Gasteiger partial charge in [-0.05, 0) is 35.4 Å². The van der Waals surface area contributed by atoms with Crippen molar-refractivity contribution in [3.05, 3.63) is 63.4 Å². The van der Waals surface area contributed by atoms with E-state index < -0.39 is 10.8 Å². The Hall–Kier alpha value is -2.63. The highest BCUT2D eigenvalue weighted by molar-refractivity contribution is 5.92. The Morgan fingerprint density at radius 2 is 1.88 bits per heavy atom. The predicted octanol–water partition coefficient (Wildman–Crippen LogP) is 4.46. The van der Waals surface area contributed by atoms with E-state index in [9.17, 15) is 14.9 Å². The van der Waals surface area contributed by atoms with Crippen molar-refractivity contribution in [2.24, 2.45) is 0 Å². The van der Waals surface area contributed by atoms with Gasteiger partial charge in [-0.2, -0.15) is 0 Å². The minimum absolute atomic E-state index is 0.0184. The van der Waals surface area contributed by atoms with Crippen molar-refractivity contribution in [1.29, 1.82) is 0 Å². The van der Waals surface area contributed by atoms with Crippen LogP contribution in [0.3, 0.4) is 0 Å². The second-order valence-corrected chi connectivity index (χ2v) is 7.42. The van der Waals surface area contributed by atoms with E-state index in [-0.39, 0.29) is 23.1 Å². The van der Waals surface area contributed by atoms with Crippen LogP contribution < -0.4 is 0 Å². The summed E-state index contributed by atoms with van der Waals surface area (Å²) in [7, 11) is 0. The first-order chi connectivity index (χ1) is 11.8. The van der Waals surface area contributed by atoms with E-state index in [0.29, 0.717) is 6.54 Å². The largest absolute Gasteiger partial charge is 0.433 e. The van der Waals surface area contributed by atoms with Crippen LogP contribution in [0.4, 0.5) is 5.88 Å². The molecule has 0 spiro atoms. The van der Waals surface area contributed by atoms with Crippen molar-refractivity contribution >= 4 is 11.8 Å². The first kappa shape index (κ1) is 17.2. The molecule has 1 aliphatic rings. The Bertz CT molecular complexity index is 787. The van der Waals surface area contributed by atoms with Crippen LogP contribution in [0.2, 0.25) is 0 Å². The highest BCUT2D eigenvalue weighted by atomic mass is 16.6. The van der Waals surface area contributed by atoms with Crippen molar-refractivity contribution in [2.75, 3.05) is 6.54 Å². The summed E-state index contributed by atoms with van der Waals surface area (Å²) in [6.45, 7) is 7.12. The molecule has 0 N–H and O–H groups in total. The van der Waals surface area contributed by atoms with Gasteiger partial charge in [-0.25, -0.2) is 0 Å². The summed E-state index contributed by atoms with van der Waals surface area (Å²) < 4.78 is 5.08. The lowest BCUT2D eigenvalue weighted by Gasteiger charge is -2.25. The highest BCUT2D eigenvalue weighted by Gasteiger charge is 2.33. The summed E-state index contributed by atoms with van der Waals surface area (Å²) in [6, 6.07) is 10.9. The minimum atomic E-state index is -0.635. The number of carbonyl (C=O) groups is 1. The van der Waals surface area contributed by atoms with Crippen molar-refractivity contribution in [1.82, 2.24) is 4.90 Å². The predicted molar refractivity (Wildman–Crippen MR) is 93.5 cm³/mol. The summed E-state index contributed by atoms with van der Waals surface area (Å²) in [4.78, 5) is 24.6. The number of benzene rings is 1. The first-order valence-electron chi connectivity index (χ1n) is 8.43. The van der Waals surface area contributed by atoms with Gasteiger partial charge in [-0.1, -0.05) is 45.0 Å². The molecule has 132 valence electrons. The van der Waals surface area contributed by atoms with Gasteiger partial charge in [0.05, 0.1) is 12.1 Å². The molecule has 1 atom stereocenters. The Labute approximate surface area is 146 Å². The van der Waals surface area contributed by atoms with E-state index in [4.69, 9.17) is 4.42 Å². The van der Waals surface area contributed by atoms with Crippen LogP contribution in [-0.4, -0.2) is 22.3 Å². The SMILES string of the molecule is CC(C)(C)c1ccc(C2CCCN2C(=O)c2ccc([N+](=O)[O-])o2)cc1. The number of carbonyl (C=O) groups excluding carboxylic acids is 1. The van der Waals surface area contributed by atoms with E-state index >= 15 is 0 Å². The standard InChI is InChI=1S/C19H22N2O4/c1-19(2,3)14-8-6-13(7-9-14)15-5-4-12-20(15)18(22)16-10-11-17(25-16)21(23)24/h6-11,15H,4-5,12H2,1-3H3. The topological polar surface area (TPSA) is 76.6 Å². The summed E-state index contributed by atoms with van der Waals surface area (Å²) in [5, 5.41) is 10.7. The van der Waals surface area contributed by atoms with Gasteiger partial charge in [0, 0.05) is 6.54 Å². The molecule has 6 heteroatoms. The maximum atomic E-state index is 12.7. The zero-order chi connectivity index (χ0) is 18.2. The second-order valence-electron chi connectivity index (χ2n) is 7.42. The molecule has 25 heavy (non-hydrogen) atoms. The van der Waals surface area contributed by atoms with Crippen molar-refractivity contribution in [3.8, 4) is 0 Å². The molecular formula is C19H22N2O4. The van der Waals surface area contributed by atoms with Crippen molar-refractivity contribution in [2.45, 2.75) is 45.1 Å². The third-order valence-corrected chi connectivity index (χ3v) is 4.66. The summed E-state index contributed by atoms with van der Waals surface area (Å²) in [5.41, 5.74) is 2.41. The molecule has 1 fully saturated rings. The van der Waals surface area contributed by atoms with Crippen molar-refractivity contribution in [3.63, 3.8) is 0 Å². The van der Waals surface area contributed by atoms with E-state index in [1.165, 1.54) is 17.7 Å². The quantitative estimate of drug-likeness (QED) is 0.609. The number of likely N-dealkylation sites (tertiary alicyclic amines) is 1. The Kier molecular flexibility index (Phi) is 4.37. The van der Waals surface area contributed by atoms with Gasteiger partial charge in [-0.3, -0.25) is 14.9 Å². The summed E-state index contributed by atoms with van der Waals surface area (Å²) in [6.07, 6.45) is 1.78. The van der Waals surface area contributed by atoms with Gasteiger partial charge in [0.25, 0.3) is 5.91 Å². The maximum absolute atomic E-state index is 12.7. The molecule has 2 aromatic rings. The van der Waals surface area contributed by atoms with Gasteiger partial charge in [-0.15, -0.1) is 0 Å². The van der Waals surface area contributed by atoms with Gasteiger partial charge >= 0.3 is 5.88 Å². The molecule has 1 aromatic carbocycles. The Morgan fingerprint density at radius 1 is 1.20 bits per heavy atom. The zero-order valence-corrected chi connectivity index (χ0v) is 14.7. The van der Waals surface area contributed by atoms with Crippen LogP contribution in [0.5, 0.6) is 0 Å². The van der Waals surface area contributed by atoms with E-state index in [0.717, 1.165) is 18.4 Å². The molecule has 1 amide bonds. The van der Waals surface area contributed by atoms with Crippen LogP contribution >= 0.6 is 0 Å². The average molecular weight is 342 g/mol. The first-order valence-corrected chi connectivity index (χ1v) is 8.43. The molecule has 1 aromatic heterocycles. The zero-order valence-electron chi connectivity index (χ0n) is 14.7. The van der Waals surface area contributed by atoms with Gasteiger partial charge in [0.2, 0.25) is 0 Å². The minimum Gasteiger partial charge on any atom is -0.395 e. The molecule has 3 rings (SSSR count). The molecule has 1 unspecified atom stereocenters. The fraction of sp³-hybridized carbons (Fsp3) is 0.421. The van der Waals surface area contributed by atoms with Gasteiger partial charge in [0.1, 0.15) is 4.92 Å². The van der Waals surface area contributed by atoms with Crippen LogP contribution in [-0.2, 0) is 5.41 Å². The van der Waals surface area contributed by atoms with Crippen LogP contribution in [0.15, 0.2) is 40.8 Å². The second kappa shape index (κ2) is 6.35. The molecule has 0 radical (unpaired) electrons. The molecule has 1 saturated heterocycles. The Balaban J connectivity index is 1.82. The molecule has 6 nitrogen and oxygen atoms in total. The summed E-state index contributed by atoms with van der Waals surface area (Å²) >= 11 is 0. The number of furan rings is 1. The normalized spacial score (nSPS) is 17.7. The molecular weight excluding hydrogens is 320 g/mol. The maximum Gasteiger partial charge on any atom is 0.433 e. The van der Waals surface area contributed by atoms with E-state index in [2.05, 4.69) is 45.0 Å². The highest BCUT2D eigenvalue weighted by Crippen LogP contribution is 2.34. The fourth-order valence-corrected chi connectivity index (χ4v) is 3.24. The van der Waals surface area contributed by atoms with Gasteiger partial charge in [0.15, 0.2) is 5.76 Å². The van der Waals surface area contributed by atoms with Crippen LogP contribution in [0.1, 0.15) is 61.3 Å². The van der Waals surface area contributed by atoms with E-state index in [1.54, 1.807) is 4.90 Å². The summed E-state index contributed by atoms with van der Waals surface area (Å²) in [5.74, 6) is -0.686. The van der Waals surface area contributed by atoms with E-state index in [1.807, 2.05) is 0 Å². The lowest BCUT2D eigenvalue weighted by molar-refractivity contribution is -0.402. The number of amides is 1. The third kappa shape index (κ3) is 3.43. The van der Waals surface area contributed by atoms with Crippen molar-refractivity contribution < 1.29 is 14.1 Å². The lowest BCUT2D eigenvalue weighted by Crippen LogP contribution is -2.30. The average Bonchev–Trinajstić information content (AvgIpc) is 3.23. The molecule has 0 aliphatic carbocycles. The van der Waals surface area contributed by atoms with Crippen LogP contribution in [0.25, 0.3) is 0 Å². The number of nitro groups is 1. The number of rotatable bonds is 3. The van der Waals surface area contributed by atoms with Gasteiger partial charge < -0.3 is 9.32 Å². The number of hydrogen-bond donors (Lipinski definition) is 0. The molecule has 1 aliphatic heterocycles. The fourth-order valence-electron chi connectivity index (χ4n) is 3.24. The lowest BCUT2D eigenvalue weighted by atomic mass is 9.86. The monoisotopic (exact) mass is 342 g/mol. The van der Waals surface area contributed by atoms with Crippen LogP contribution in [0, 0.1) is 10.1 Å².